The third kappa shape index (κ3) is 1.21. The Morgan fingerprint density at radius 3 is 2.29 bits per heavy atom. The van der Waals surface area contributed by atoms with Gasteiger partial charge in [0, 0.05) is 0 Å². The molecule has 17 heavy (non-hydrogen) atoms. The topological polar surface area (TPSA) is 29.0 Å². The first-order valence-corrected chi connectivity index (χ1v) is 6.83. The van der Waals surface area contributed by atoms with Gasteiger partial charge in [0.2, 0.25) is 5.13 Å². The summed E-state index contributed by atoms with van der Waals surface area (Å²) < 4.78 is 0. The SMILES string of the molecule is Cc1nnc(N2C3CCC2c2ccccc23)s1. The van der Waals surface area contributed by atoms with Crippen LogP contribution in [0.4, 0.5) is 5.13 Å². The smallest absolute Gasteiger partial charge is 0.209 e. The number of rotatable bonds is 1. The highest BCUT2D eigenvalue weighted by molar-refractivity contribution is 7.15. The van der Waals surface area contributed by atoms with E-state index in [1.807, 2.05) is 6.92 Å². The Labute approximate surface area is 104 Å². The fraction of sp³-hybridized carbons (Fsp3) is 0.385. The van der Waals surface area contributed by atoms with Crippen LogP contribution in [0.2, 0.25) is 0 Å². The fourth-order valence-electron chi connectivity index (χ4n) is 3.20. The van der Waals surface area contributed by atoms with Gasteiger partial charge in [0.15, 0.2) is 0 Å². The summed E-state index contributed by atoms with van der Waals surface area (Å²) >= 11 is 1.71. The molecule has 2 unspecified atom stereocenters. The molecule has 3 heterocycles. The van der Waals surface area contributed by atoms with Gasteiger partial charge in [-0.1, -0.05) is 35.6 Å². The number of fused-ring (bicyclic) bond motifs is 5. The van der Waals surface area contributed by atoms with E-state index in [-0.39, 0.29) is 0 Å². The molecule has 0 aliphatic carbocycles. The van der Waals surface area contributed by atoms with Crippen LogP contribution in [0.3, 0.4) is 0 Å². The lowest BCUT2D eigenvalue weighted by atomic mass is 9.92. The Hall–Kier alpha value is -1.42. The zero-order chi connectivity index (χ0) is 11.4. The highest BCUT2D eigenvalue weighted by Gasteiger charge is 2.44. The number of hydrogen-bond donors (Lipinski definition) is 0. The van der Waals surface area contributed by atoms with Gasteiger partial charge in [-0.25, -0.2) is 0 Å². The Bertz CT molecular complexity index is 547. The molecular weight excluding hydrogens is 230 g/mol. The zero-order valence-corrected chi connectivity index (χ0v) is 10.4. The highest BCUT2D eigenvalue weighted by atomic mass is 32.1. The summed E-state index contributed by atoms with van der Waals surface area (Å²) in [7, 11) is 0. The third-order valence-corrected chi connectivity index (χ3v) is 4.69. The summed E-state index contributed by atoms with van der Waals surface area (Å²) in [4.78, 5) is 2.47. The van der Waals surface area contributed by atoms with Crippen molar-refractivity contribution < 1.29 is 0 Å². The van der Waals surface area contributed by atoms with Crippen LogP contribution in [0.1, 0.15) is 41.1 Å². The molecule has 3 nitrogen and oxygen atoms in total. The Kier molecular flexibility index (Phi) is 1.86. The van der Waals surface area contributed by atoms with Crippen LogP contribution in [0.5, 0.6) is 0 Å². The van der Waals surface area contributed by atoms with E-state index >= 15 is 0 Å². The molecular formula is C13H13N3S. The number of nitrogens with zero attached hydrogens (tertiary/aromatic N) is 3. The molecule has 2 aromatic rings. The quantitative estimate of drug-likeness (QED) is 0.770. The van der Waals surface area contributed by atoms with E-state index in [1.165, 1.54) is 24.0 Å². The van der Waals surface area contributed by atoms with E-state index in [9.17, 15) is 0 Å². The number of benzene rings is 1. The molecule has 1 fully saturated rings. The molecule has 1 aromatic carbocycles. The van der Waals surface area contributed by atoms with Gasteiger partial charge in [-0.15, -0.1) is 10.2 Å². The number of aromatic nitrogens is 2. The molecule has 0 saturated carbocycles. The molecule has 0 N–H and O–H groups in total. The minimum Gasteiger partial charge on any atom is -0.333 e. The normalized spacial score (nSPS) is 25.4. The Morgan fingerprint density at radius 1 is 1.12 bits per heavy atom. The van der Waals surface area contributed by atoms with Gasteiger partial charge < -0.3 is 4.90 Å². The largest absolute Gasteiger partial charge is 0.333 e. The standard InChI is InChI=1S/C13H13N3S/c1-8-14-15-13(17-8)16-11-6-7-12(16)10-5-3-2-4-9(10)11/h2-5,11-12H,6-7H2,1H3. The molecule has 4 rings (SSSR count). The van der Waals surface area contributed by atoms with Crippen LogP contribution in [-0.4, -0.2) is 10.2 Å². The molecule has 2 bridgehead atoms. The second kappa shape index (κ2) is 3.29. The van der Waals surface area contributed by atoms with Crippen LogP contribution in [0, 0.1) is 6.92 Å². The molecule has 1 saturated heterocycles. The first-order valence-electron chi connectivity index (χ1n) is 6.02. The maximum Gasteiger partial charge on any atom is 0.209 e. The van der Waals surface area contributed by atoms with Gasteiger partial charge in [0.05, 0.1) is 12.1 Å². The maximum absolute atomic E-state index is 4.32. The van der Waals surface area contributed by atoms with Gasteiger partial charge in [-0.3, -0.25) is 0 Å². The Balaban J connectivity index is 1.83. The van der Waals surface area contributed by atoms with Gasteiger partial charge in [0.25, 0.3) is 0 Å². The minimum atomic E-state index is 0.531. The predicted octanol–water partition coefficient (Wildman–Crippen LogP) is 3.24. The van der Waals surface area contributed by atoms with Crippen molar-refractivity contribution in [3.8, 4) is 0 Å². The van der Waals surface area contributed by atoms with Crippen molar-refractivity contribution in [2.45, 2.75) is 31.8 Å². The molecule has 0 spiro atoms. The second-order valence-corrected chi connectivity index (χ2v) is 5.91. The molecule has 0 amide bonds. The van der Waals surface area contributed by atoms with Crippen LogP contribution in [-0.2, 0) is 0 Å². The van der Waals surface area contributed by atoms with E-state index in [0.717, 1.165) is 10.1 Å². The molecule has 0 radical (unpaired) electrons. The van der Waals surface area contributed by atoms with Gasteiger partial charge in [-0.05, 0) is 30.9 Å². The highest BCUT2D eigenvalue weighted by Crippen LogP contribution is 2.54. The van der Waals surface area contributed by atoms with Gasteiger partial charge in [0.1, 0.15) is 5.01 Å². The molecule has 2 atom stereocenters. The van der Waals surface area contributed by atoms with Crippen molar-refractivity contribution in [1.82, 2.24) is 10.2 Å². The molecule has 4 heteroatoms. The van der Waals surface area contributed by atoms with E-state index in [1.54, 1.807) is 11.3 Å². The zero-order valence-electron chi connectivity index (χ0n) is 9.63. The monoisotopic (exact) mass is 243 g/mol. The van der Waals surface area contributed by atoms with Crippen LogP contribution >= 0.6 is 11.3 Å². The van der Waals surface area contributed by atoms with Crippen molar-refractivity contribution >= 4 is 16.5 Å². The first-order chi connectivity index (χ1) is 8.34. The number of hydrogen-bond acceptors (Lipinski definition) is 4. The summed E-state index contributed by atoms with van der Waals surface area (Å²) in [5, 5.41) is 10.6. The van der Waals surface area contributed by atoms with Crippen molar-refractivity contribution in [3.63, 3.8) is 0 Å². The molecule has 2 aliphatic heterocycles. The van der Waals surface area contributed by atoms with Crippen molar-refractivity contribution in [2.24, 2.45) is 0 Å². The summed E-state index contributed by atoms with van der Waals surface area (Å²) in [5.41, 5.74) is 2.99. The first kappa shape index (κ1) is 9.59. The second-order valence-electron chi connectivity index (χ2n) is 4.75. The fourth-order valence-corrected chi connectivity index (χ4v) is 3.98. The number of aryl methyl sites for hydroxylation is 1. The van der Waals surface area contributed by atoms with E-state index in [2.05, 4.69) is 39.4 Å². The van der Waals surface area contributed by atoms with Gasteiger partial charge in [-0.2, -0.15) is 0 Å². The average Bonchev–Trinajstić information content (AvgIpc) is 3.01. The maximum atomic E-state index is 4.32. The van der Waals surface area contributed by atoms with Crippen LogP contribution < -0.4 is 4.90 Å². The summed E-state index contributed by atoms with van der Waals surface area (Å²) in [6.45, 7) is 2.02. The van der Waals surface area contributed by atoms with Crippen molar-refractivity contribution in [2.75, 3.05) is 4.90 Å². The lowest BCUT2D eigenvalue weighted by Crippen LogP contribution is -2.18. The number of anilines is 1. The van der Waals surface area contributed by atoms with E-state index < -0.39 is 0 Å². The third-order valence-electron chi connectivity index (χ3n) is 3.84. The summed E-state index contributed by atoms with van der Waals surface area (Å²) in [6.07, 6.45) is 2.50. The summed E-state index contributed by atoms with van der Waals surface area (Å²) in [6, 6.07) is 9.87. The van der Waals surface area contributed by atoms with Crippen LogP contribution in [0.25, 0.3) is 0 Å². The van der Waals surface area contributed by atoms with Gasteiger partial charge >= 0.3 is 0 Å². The summed E-state index contributed by atoms with van der Waals surface area (Å²) in [5.74, 6) is 0. The predicted molar refractivity (Wildman–Crippen MR) is 68.3 cm³/mol. The average molecular weight is 243 g/mol. The lowest BCUT2D eigenvalue weighted by molar-refractivity contribution is 0.717. The Morgan fingerprint density at radius 2 is 1.76 bits per heavy atom. The molecule has 2 aliphatic rings. The van der Waals surface area contributed by atoms with Crippen molar-refractivity contribution in [3.05, 3.63) is 40.4 Å². The lowest BCUT2D eigenvalue weighted by Gasteiger charge is -2.20. The van der Waals surface area contributed by atoms with E-state index in [0.29, 0.717) is 12.1 Å². The molecule has 1 aromatic heterocycles. The van der Waals surface area contributed by atoms with E-state index in [4.69, 9.17) is 0 Å². The molecule has 86 valence electrons. The minimum absolute atomic E-state index is 0.531. The van der Waals surface area contributed by atoms with Crippen molar-refractivity contribution in [1.29, 1.82) is 0 Å². The van der Waals surface area contributed by atoms with Crippen LogP contribution in [0.15, 0.2) is 24.3 Å².